The monoisotopic (exact) mass is 479 g/mol. The second-order valence-electron chi connectivity index (χ2n) is 7.41. The van der Waals surface area contributed by atoms with Crippen LogP contribution in [0.1, 0.15) is 21.5 Å². The van der Waals surface area contributed by atoms with Gasteiger partial charge in [-0.25, -0.2) is 4.98 Å². The van der Waals surface area contributed by atoms with Crippen molar-refractivity contribution in [2.45, 2.75) is 13.8 Å². The third-order valence-corrected chi connectivity index (χ3v) is 5.85. The van der Waals surface area contributed by atoms with Gasteiger partial charge in [0.25, 0.3) is 17.3 Å². The maximum absolute atomic E-state index is 13.3. The van der Waals surface area contributed by atoms with Gasteiger partial charge in [0.15, 0.2) is 5.13 Å². The number of benzene rings is 2. The molecule has 32 heavy (non-hydrogen) atoms. The van der Waals surface area contributed by atoms with Crippen LogP contribution in [0.2, 0.25) is 0 Å². The lowest BCUT2D eigenvalue weighted by atomic mass is 10.1. The number of likely N-dealkylation sites (N-methyl/N-ethyl adjacent to an activating group) is 1. The van der Waals surface area contributed by atoms with E-state index < -0.39 is 27.1 Å². The van der Waals surface area contributed by atoms with Crippen molar-refractivity contribution >= 4 is 56.4 Å². The molecule has 0 saturated carbocycles. The van der Waals surface area contributed by atoms with Crippen LogP contribution in [0.15, 0.2) is 30.3 Å². The minimum atomic E-state index is -0.753. The Balaban J connectivity index is 0.00000363. The number of non-ortho nitro benzene ring substituents is 2. The quantitative estimate of drug-likeness (QED) is 0.364. The van der Waals surface area contributed by atoms with E-state index in [9.17, 15) is 25.0 Å². The molecule has 10 nitrogen and oxygen atoms in total. The van der Waals surface area contributed by atoms with Crippen molar-refractivity contribution in [3.8, 4) is 0 Å². The predicted octanol–water partition coefficient (Wildman–Crippen LogP) is 4.36. The average Bonchev–Trinajstić information content (AvgIpc) is 3.09. The molecule has 0 spiro atoms. The molecule has 0 aliphatic carbocycles. The second kappa shape index (κ2) is 9.98. The molecule has 0 N–H and O–H groups in total. The Morgan fingerprint density at radius 1 is 0.969 bits per heavy atom. The zero-order chi connectivity index (χ0) is 22.9. The molecule has 0 saturated heterocycles. The fourth-order valence-corrected chi connectivity index (χ4v) is 4.02. The Kier molecular flexibility index (Phi) is 7.83. The molecule has 12 heteroatoms. The molecular weight excluding hydrogens is 458 g/mol. The molecule has 0 unspecified atom stereocenters. The molecule has 0 bridgehead atoms. The largest absolute Gasteiger partial charge is 0.308 e. The zero-order valence-corrected chi connectivity index (χ0v) is 19.5. The summed E-state index contributed by atoms with van der Waals surface area (Å²) in [5, 5.41) is 22.9. The van der Waals surface area contributed by atoms with Gasteiger partial charge in [0.1, 0.15) is 0 Å². The van der Waals surface area contributed by atoms with Crippen molar-refractivity contribution in [2.75, 3.05) is 32.1 Å². The van der Waals surface area contributed by atoms with Gasteiger partial charge in [0.2, 0.25) is 0 Å². The molecule has 0 fully saturated rings. The van der Waals surface area contributed by atoms with Crippen LogP contribution in [0, 0.1) is 34.1 Å². The number of nitro groups is 2. The summed E-state index contributed by atoms with van der Waals surface area (Å²) in [5.41, 5.74) is 1.76. The SMILES string of the molecule is Cc1cc2nc(N(CCN(C)C)C(=O)c3cc([N+](=O)[O-])cc([N+](=O)[O-])c3)sc2cc1C.Cl. The molecule has 0 aliphatic rings. The van der Waals surface area contributed by atoms with Crippen LogP contribution in [-0.4, -0.2) is 52.8 Å². The lowest BCUT2D eigenvalue weighted by Crippen LogP contribution is -2.36. The number of hydrogen-bond donors (Lipinski definition) is 0. The lowest BCUT2D eigenvalue weighted by Gasteiger charge is -2.22. The van der Waals surface area contributed by atoms with Gasteiger partial charge in [0.05, 0.1) is 31.7 Å². The predicted molar refractivity (Wildman–Crippen MR) is 126 cm³/mol. The van der Waals surface area contributed by atoms with Crippen molar-refractivity contribution in [1.29, 1.82) is 0 Å². The van der Waals surface area contributed by atoms with E-state index in [1.165, 1.54) is 16.2 Å². The molecule has 0 aliphatic heterocycles. The Morgan fingerprint density at radius 2 is 1.53 bits per heavy atom. The van der Waals surface area contributed by atoms with Crippen molar-refractivity contribution in [2.24, 2.45) is 0 Å². The number of hydrogen-bond acceptors (Lipinski definition) is 8. The second-order valence-corrected chi connectivity index (χ2v) is 8.42. The van der Waals surface area contributed by atoms with E-state index in [4.69, 9.17) is 0 Å². The first-order valence-electron chi connectivity index (χ1n) is 9.35. The number of amides is 1. The van der Waals surface area contributed by atoms with E-state index in [1.807, 2.05) is 45.0 Å². The maximum atomic E-state index is 13.3. The number of rotatable bonds is 7. The molecule has 3 rings (SSSR count). The highest BCUT2D eigenvalue weighted by Gasteiger charge is 2.26. The molecule has 170 valence electrons. The number of aryl methyl sites for hydroxylation is 2. The standard InChI is InChI=1S/C20H21N5O5S.ClH/c1-12-7-17-18(8-13(12)2)31-20(21-17)23(6-5-22(3)4)19(26)14-9-15(24(27)28)11-16(10-14)25(29)30;/h7-11H,5-6H2,1-4H3;1H. The van der Waals surface area contributed by atoms with Crippen molar-refractivity contribution in [1.82, 2.24) is 9.88 Å². The van der Waals surface area contributed by atoms with Gasteiger partial charge in [-0.15, -0.1) is 12.4 Å². The number of anilines is 1. The highest BCUT2D eigenvalue weighted by molar-refractivity contribution is 7.22. The third-order valence-electron chi connectivity index (χ3n) is 4.81. The number of fused-ring (bicyclic) bond motifs is 1. The molecule has 0 radical (unpaired) electrons. The van der Waals surface area contributed by atoms with E-state index in [0.717, 1.165) is 39.5 Å². The summed E-state index contributed by atoms with van der Waals surface area (Å²) < 4.78 is 0.908. The highest BCUT2D eigenvalue weighted by atomic mass is 35.5. The summed E-state index contributed by atoms with van der Waals surface area (Å²) in [6.07, 6.45) is 0. The smallest absolute Gasteiger partial charge is 0.277 e. The first-order valence-corrected chi connectivity index (χ1v) is 10.2. The lowest BCUT2D eigenvalue weighted by molar-refractivity contribution is -0.394. The maximum Gasteiger partial charge on any atom is 0.277 e. The van der Waals surface area contributed by atoms with Crippen LogP contribution in [0.3, 0.4) is 0 Å². The molecule has 2 aromatic carbocycles. The Hall–Kier alpha value is -3.15. The molecule has 0 atom stereocenters. The first-order chi connectivity index (χ1) is 14.6. The third kappa shape index (κ3) is 5.36. The fraction of sp³-hybridized carbons (Fsp3) is 0.300. The van der Waals surface area contributed by atoms with Gasteiger partial charge in [-0.05, 0) is 51.2 Å². The van der Waals surface area contributed by atoms with Crippen LogP contribution in [-0.2, 0) is 0 Å². The summed E-state index contributed by atoms with van der Waals surface area (Å²) in [7, 11) is 3.71. The van der Waals surface area contributed by atoms with E-state index in [2.05, 4.69) is 4.98 Å². The number of halogens is 1. The summed E-state index contributed by atoms with van der Waals surface area (Å²) in [4.78, 5) is 42.2. The average molecular weight is 480 g/mol. The van der Waals surface area contributed by atoms with Crippen LogP contribution >= 0.6 is 23.7 Å². The summed E-state index contributed by atoms with van der Waals surface area (Å²) in [6, 6.07) is 6.89. The summed E-state index contributed by atoms with van der Waals surface area (Å²) in [6.45, 7) is 4.74. The van der Waals surface area contributed by atoms with Gasteiger partial charge < -0.3 is 4.90 Å². The number of nitrogens with zero attached hydrogens (tertiary/aromatic N) is 5. The highest BCUT2D eigenvalue weighted by Crippen LogP contribution is 2.32. The number of nitro benzene ring substituents is 2. The number of carbonyl (C=O) groups is 1. The van der Waals surface area contributed by atoms with E-state index >= 15 is 0 Å². The Morgan fingerprint density at radius 3 is 2.06 bits per heavy atom. The van der Waals surface area contributed by atoms with E-state index in [0.29, 0.717) is 11.7 Å². The van der Waals surface area contributed by atoms with Crippen molar-refractivity contribution < 1.29 is 14.6 Å². The minimum absolute atomic E-state index is 0. The Labute approximate surface area is 194 Å². The zero-order valence-electron chi connectivity index (χ0n) is 17.9. The summed E-state index contributed by atoms with van der Waals surface area (Å²) in [5.74, 6) is -0.582. The first kappa shape index (κ1) is 25.1. The van der Waals surface area contributed by atoms with Crippen molar-refractivity contribution in [3.05, 3.63) is 67.3 Å². The molecule has 1 aromatic heterocycles. The van der Waals surface area contributed by atoms with E-state index in [1.54, 1.807) is 0 Å². The fourth-order valence-electron chi connectivity index (χ4n) is 2.95. The van der Waals surface area contributed by atoms with E-state index in [-0.39, 0.29) is 24.5 Å². The van der Waals surface area contributed by atoms with Gasteiger partial charge in [0, 0.05) is 25.2 Å². The van der Waals surface area contributed by atoms with Crippen LogP contribution < -0.4 is 4.90 Å². The molecule has 1 heterocycles. The van der Waals surface area contributed by atoms with Gasteiger partial charge in [-0.2, -0.15) is 0 Å². The topological polar surface area (TPSA) is 123 Å². The normalized spacial score (nSPS) is 10.8. The molecule has 1 amide bonds. The molecular formula is C20H22ClN5O5S. The minimum Gasteiger partial charge on any atom is -0.308 e. The van der Waals surface area contributed by atoms with Gasteiger partial charge in [-0.3, -0.25) is 29.9 Å². The number of aromatic nitrogens is 1. The van der Waals surface area contributed by atoms with Crippen LogP contribution in [0.5, 0.6) is 0 Å². The van der Waals surface area contributed by atoms with Gasteiger partial charge >= 0.3 is 0 Å². The van der Waals surface area contributed by atoms with Gasteiger partial charge in [-0.1, -0.05) is 11.3 Å². The number of carbonyl (C=O) groups excluding carboxylic acids is 1. The van der Waals surface area contributed by atoms with Crippen molar-refractivity contribution in [3.63, 3.8) is 0 Å². The molecule has 3 aromatic rings. The van der Waals surface area contributed by atoms with Crippen LogP contribution in [0.4, 0.5) is 16.5 Å². The summed E-state index contributed by atoms with van der Waals surface area (Å²) >= 11 is 1.33. The Bertz CT molecular complexity index is 1130. The number of thiazole rings is 1. The van der Waals surface area contributed by atoms with Crippen LogP contribution in [0.25, 0.3) is 10.2 Å².